The monoisotopic (exact) mass is 422 g/mol. The molecule has 1 heterocycles. The summed E-state index contributed by atoms with van der Waals surface area (Å²) in [6, 6.07) is 15.9. The molecule has 162 valence electrons. The van der Waals surface area contributed by atoms with Crippen LogP contribution in [0.2, 0.25) is 0 Å². The zero-order chi connectivity index (χ0) is 21.8. The molecule has 0 spiro atoms. The fraction of sp³-hybridized carbons (Fsp3) is 0.333. The Morgan fingerprint density at radius 3 is 2.61 bits per heavy atom. The van der Waals surface area contributed by atoms with Gasteiger partial charge in [0.1, 0.15) is 11.6 Å². The summed E-state index contributed by atoms with van der Waals surface area (Å²) in [5.74, 6) is 0.517. The number of benzene rings is 2. The number of aryl methyl sites for hydroxylation is 1. The Labute approximate surface area is 181 Å². The topological polar surface area (TPSA) is 59.4 Å². The number of rotatable bonds is 8. The smallest absolute Gasteiger partial charge is 0.317 e. The number of hydrogen-bond acceptors (Lipinski definition) is 3. The van der Waals surface area contributed by atoms with E-state index in [2.05, 4.69) is 5.32 Å². The molecule has 4 rings (SSSR count). The van der Waals surface area contributed by atoms with E-state index in [1.165, 1.54) is 12.1 Å². The molecule has 1 aliphatic rings. The van der Waals surface area contributed by atoms with Gasteiger partial charge in [0.25, 0.3) is 0 Å². The van der Waals surface area contributed by atoms with Crippen LogP contribution in [-0.4, -0.2) is 33.3 Å². The third-order valence-electron chi connectivity index (χ3n) is 5.27. The summed E-state index contributed by atoms with van der Waals surface area (Å²) in [4.78, 5) is 14.6. The number of carbonyl (C=O) groups is 1. The van der Waals surface area contributed by atoms with E-state index in [-0.39, 0.29) is 17.9 Å². The predicted molar refractivity (Wildman–Crippen MR) is 117 cm³/mol. The summed E-state index contributed by atoms with van der Waals surface area (Å²) in [6.07, 6.45) is 2.67. The molecular weight excluding hydrogens is 395 g/mol. The van der Waals surface area contributed by atoms with E-state index in [0.717, 1.165) is 29.8 Å². The number of urea groups is 1. The highest BCUT2D eigenvalue weighted by molar-refractivity contribution is 5.75. The van der Waals surface area contributed by atoms with Crippen molar-refractivity contribution in [2.45, 2.75) is 45.7 Å². The number of carbonyl (C=O) groups excluding carboxylic acids is 1. The molecule has 31 heavy (non-hydrogen) atoms. The van der Waals surface area contributed by atoms with Crippen LogP contribution in [0.3, 0.4) is 0 Å². The number of halogens is 1. The average molecular weight is 423 g/mol. The lowest BCUT2D eigenvalue weighted by atomic mass is 10.2. The van der Waals surface area contributed by atoms with Crippen molar-refractivity contribution in [1.82, 2.24) is 20.0 Å². The van der Waals surface area contributed by atoms with Crippen molar-refractivity contribution >= 4 is 6.03 Å². The SMILES string of the molecule is CCNC(=O)N(Cc1c(CC)nn(-c2ccccc2)c1Oc1cccc(F)c1)C1CC1. The van der Waals surface area contributed by atoms with Gasteiger partial charge in [-0.1, -0.05) is 31.2 Å². The molecule has 1 aromatic heterocycles. The van der Waals surface area contributed by atoms with Gasteiger partial charge in [0.2, 0.25) is 5.88 Å². The van der Waals surface area contributed by atoms with Crippen LogP contribution in [0.1, 0.15) is 37.9 Å². The lowest BCUT2D eigenvalue weighted by Crippen LogP contribution is -2.41. The van der Waals surface area contributed by atoms with Gasteiger partial charge in [0.05, 0.1) is 23.5 Å². The molecule has 1 fully saturated rings. The minimum atomic E-state index is -0.373. The Kier molecular flexibility index (Phi) is 6.21. The van der Waals surface area contributed by atoms with Gasteiger partial charge in [-0.05, 0) is 50.5 Å². The van der Waals surface area contributed by atoms with Gasteiger partial charge in [-0.15, -0.1) is 0 Å². The van der Waals surface area contributed by atoms with Crippen LogP contribution < -0.4 is 10.1 Å². The largest absolute Gasteiger partial charge is 0.438 e. The van der Waals surface area contributed by atoms with Crippen molar-refractivity contribution in [3.63, 3.8) is 0 Å². The van der Waals surface area contributed by atoms with Gasteiger partial charge in [0.15, 0.2) is 0 Å². The van der Waals surface area contributed by atoms with Gasteiger partial charge in [0, 0.05) is 18.7 Å². The first-order chi connectivity index (χ1) is 15.1. The number of para-hydroxylation sites is 1. The van der Waals surface area contributed by atoms with Crippen molar-refractivity contribution in [1.29, 1.82) is 0 Å². The molecule has 0 unspecified atom stereocenters. The first kappa shape index (κ1) is 20.9. The second-order valence-electron chi connectivity index (χ2n) is 7.59. The lowest BCUT2D eigenvalue weighted by molar-refractivity contribution is 0.192. The Morgan fingerprint density at radius 2 is 1.97 bits per heavy atom. The van der Waals surface area contributed by atoms with E-state index < -0.39 is 0 Å². The molecule has 1 N–H and O–H groups in total. The van der Waals surface area contributed by atoms with Crippen LogP contribution in [-0.2, 0) is 13.0 Å². The second kappa shape index (κ2) is 9.20. The molecule has 7 heteroatoms. The number of hydrogen-bond donors (Lipinski definition) is 1. The summed E-state index contributed by atoms with van der Waals surface area (Å²) in [6.45, 7) is 4.89. The molecule has 0 radical (unpaired) electrons. The molecule has 3 aromatic rings. The Morgan fingerprint density at radius 1 is 1.19 bits per heavy atom. The van der Waals surface area contributed by atoms with E-state index in [9.17, 15) is 9.18 Å². The summed E-state index contributed by atoms with van der Waals surface area (Å²) in [5, 5.41) is 7.70. The van der Waals surface area contributed by atoms with E-state index in [1.807, 2.05) is 49.1 Å². The van der Waals surface area contributed by atoms with Gasteiger partial charge < -0.3 is 15.0 Å². The first-order valence-corrected chi connectivity index (χ1v) is 10.7. The Hall–Kier alpha value is -3.35. The molecular formula is C24H27FN4O2. The van der Waals surface area contributed by atoms with Crippen LogP contribution in [0.4, 0.5) is 9.18 Å². The molecule has 0 bridgehead atoms. The number of aromatic nitrogens is 2. The standard InChI is InChI=1S/C24H27FN4O2/c1-3-22-21(16-28(18-13-14-18)24(30)26-4-2)23(31-20-12-8-9-17(25)15-20)29(27-22)19-10-6-5-7-11-19/h5-12,15,18H,3-4,13-14,16H2,1-2H3,(H,26,30). The van der Waals surface area contributed by atoms with Gasteiger partial charge in [-0.25, -0.2) is 13.9 Å². The van der Waals surface area contributed by atoms with Crippen LogP contribution in [0, 0.1) is 5.82 Å². The second-order valence-corrected chi connectivity index (χ2v) is 7.59. The predicted octanol–water partition coefficient (Wildman–Crippen LogP) is 5.06. The van der Waals surface area contributed by atoms with Crippen LogP contribution in [0.15, 0.2) is 54.6 Å². The maximum atomic E-state index is 13.8. The Balaban J connectivity index is 1.78. The van der Waals surface area contributed by atoms with Crippen LogP contribution in [0.5, 0.6) is 11.6 Å². The average Bonchev–Trinajstić information content (AvgIpc) is 3.55. The molecule has 0 saturated heterocycles. The van der Waals surface area contributed by atoms with E-state index in [4.69, 9.17) is 9.84 Å². The summed E-state index contributed by atoms with van der Waals surface area (Å²) >= 11 is 0. The number of nitrogens with one attached hydrogen (secondary N) is 1. The number of ether oxygens (including phenoxy) is 1. The maximum absolute atomic E-state index is 13.8. The fourth-order valence-electron chi connectivity index (χ4n) is 3.59. The lowest BCUT2D eigenvalue weighted by Gasteiger charge is -2.23. The highest BCUT2D eigenvalue weighted by atomic mass is 19.1. The first-order valence-electron chi connectivity index (χ1n) is 10.7. The van der Waals surface area contributed by atoms with Gasteiger partial charge in [-0.3, -0.25) is 0 Å². The summed E-state index contributed by atoms with van der Waals surface area (Å²) < 4.78 is 21.8. The maximum Gasteiger partial charge on any atom is 0.317 e. The normalized spacial score (nSPS) is 13.1. The third-order valence-corrected chi connectivity index (χ3v) is 5.27. The fourth-order valence-corrected chi connectivity index (χ4v) is 3.59. The van der Waals surface area contributed by atoms with E-state index in [1.54, 1.807) is 16.8 Å². The van der Waals surface area contributed by atoms with E-state index >= 15 is 0 Å². The highest BCUT2D eigenvalue weighted by Crippen LogP contribution is 2.35. The van der Waals surface area contributed by atoms with Crippen molar-refractivity contribution < 1.29 is 13.9 Å². The highest BCUT2D eigenvalue weighted by Gasteiger charge is 2.34. The molecule has 6 nitrogen and oxygen atoms in total. The number of nitrogens with zero attached hydrogens (tertiary/aromatic N) is 3. The van der Waals surface area contributed by atoms with Crippen molar-refractivity contribution in [3.8, 4) is 17.3 Å². The molecule has 1 aliphatic carbocycles. The Bertz CT molecular complexity index is 1050. The van der Waals surface area contributed by atoms with Gasteiger partial charge in [-0.2, -0.15) is 5.10 Å². The van der Waals surface area contributed by atoms with E-state index in [0.29, 0.717) is 31.1 Å². The van der Waals surface area contributed by atoms with Crippen molar-refractivity contribution in [3.05, 3.63) is 71.7 Å². The molecule has 0 atom stereocenters. The molecule has 2 amide bonds. The summed E-state index contributed by atoms with van der Waals surface area (Å²) in [5.41, 5.74) is 2.53. The minimum absolute atomic E-state index is 0.0868. The van der Waals surface area contributed by atoms with Crippen LogP contribution >= 0.6 is 0 Å². The minimum Gasteiger partial charge on any atom is -0.438 e. The molecule has 1 saturated carbocycles. The molecule has 0 aliphatic heterocycles. The number of amides is 2. The van der Waals surface area contributed by atoms with Crippen molar-refractivity contribution in [2.24, 2.45) is 0 Å². The quantitative estimate of drug-likeness (QED) is 0.552. The zero-order valence-corrected chi connectivity index (χ0v) is 17.8. The zero-order valence-electron chi connectivity index (χ0n) is 17.8. The summed E-state index contributed by atoms with van der Waals surface area (Å²) in [7, 11) is 0. The molecule has 2 aromatic carbocycles. The van der Waals surface area contributed by atoms with Crippen molar-refractivity contribution in [2.75, 3.05) is 6.54 Å². The van der Waals surface area contributed by atoms with Crippen LogP contribution in [0.25, 0.3) is 5.69 Å². The van der Waals surface area contributed by atoms with Gasteiger partial charge >= 0.3 is 6.03 Å². The third kappa shape index (κ3) is 4.71.